The number of rotatable bonds is 13. The van der Waals surface area contributed by atoms with Crippen molar-refractivity contribution in [1.82, 2.24) is 4.31 Å². The van der Waals surface area contributed by atoms with Gasteiger partial charge in [-0.05, 0) is 85.3 Å². The normalized spacial score (nSPS) is 23.8. The number of phenols is 1. The summed E-state index contributed by atoms with van der Waals surface area (Å²) >= 11 is 0. The minimum Gasteiger partial charge on any atom is -0.507 e. The number of ether oxygens (including phenoxy) is 4. The molecule has 0 radical (unpaired) electrons. The first kappa shape index (κ1) is 39.2. The summed E-state index contributed by atoms with van der Waals surface area (Å²) in [7, 11) is -1.97. The van der Waals surface area contributed by atoms with Crippen molar-refractivity contribution in [3.8, 4) is 5.75 Å². The molecule has 46 heavy (non-hydrogen) atoms. The van der Waals surface area contributed by atoms with Crippen molar-refractivity contribution >= 4 is 10.0 Å². The summed E-state index contributed by atoms with van der Waals surface area (Å²) in [6.07, 6.45) is 3.47. The van der Waals surface area contributed by atoms with E-state index in [2.05, 4.69) is 83.1 Å². The quantitative estimate of drug-likeness (QED) is 0.226. The van der Waals surface area contributed by atoms with Gasteiger partial charge in [-0.2, -0.15) is 4.31 Å². The summed E-state index contributed by atoms with van der Waals surface area (Å²) in [5.41, 5.74) is 0.268. The second kappa shape index (κ2) is 14.3. The van der Waals surface area contributed by atoms with Gasteiger partial charge in [0, 0.05) is 26.6 Å². The first-order valence-electron chi connectivity index (χ1n) is 17.2. The minimum atomic E-state index is -3.76. The Bertz CT molecular complexity index is 1260. The number of sulfonamides is 1. The Labute approximate surface area is 281 Å². The zero-order chi connectivity index (χ0) is 34.9. The smallest absolute Gasteiger partial charge is 0.243 e. The van der Waals surface area contributed by atoms with E-state index in [1.54, 1.807) is 7.11 Å². The van der Waals surface area contributed by atoms with E-state index < -0.39 is 16.3 Å². The van der Waals surface area contributed by atoms with E-state index in [1.807, 2.05) is 0 Å². The molecule has 4 unspecified atom stereocenters. The predicted octanol–water partition coefficient (Wildman–Crippen LogP) is 8.33. The van der Waals surface area contributed by atoms with Crippen LogP contribution in [-0.2, 0) is 29.0 Å². The Morgan fingerprint density at radius 2 is 1.54 bits per heavy atom. The summed E-state index contributed by atoms with van der Waals surface area (Å²) in [5, 5.41) is 11.0. The number of hydrogen-bond donors (Lipinski definition) is 1. The van der Waals surface area contributed by atoms with Crippen LogP contribution in [-0.4, -0.2) is 69.1 Å². The van der Waals surface area contributed by atoms with E-state index in [9.17, 15) is 13.5 Å². The largest absolute Gasteiger partial charge is 0.507 e. The second-order valence-corrected chi connectivity index (χ2v) is 19.6. The van der Waals surface area contributed by atoms with Gasteiger partial charge in [0.15, 0.2) is 6.29 Å². The van der Waals surface area contributed by atoms with Gasteiger partial charge in [-0.15, -0.1) is 0 Å². The molecule has 0 aliphatic carbocycles. The standard InChI is InChI=1S/C37H65NO7S/c1-26(34(5,6)16-17-35(7,8)36(9,10)25-37(11,12)42-13)31-22-27(24-33(2,3)4)44-32(45-31)29-23-28(14-15-30(29)39)46(40,41)38-18-20-43-21-19-38/h14-15,23,26-27,31-32,39H,16-22,24-25H2,1-13H3. The molecule has 9 heteroatoms. The molecular formula is C37H65NO7S. The van der Waals surface area contributed by atoms with Crippen molar-refractivity contribution < 1.29 is 32.5 Å². The molecule has 2 fully saturated rings. The van der Waals surface area contributed by atoms with E-state index in [1.165, 1.54) is 22.5 Å². The molecule has 2 aliphatic heterocycles. The second-order valence-electron chi connectivity index (χ2n) is 17.7. The summed E-state index contributed by atoms with van der Waals surface area (Å²) in [6, 6.07) is 4.43. The van der Waals surface area contributed by atoms with Crippen LogP contribution in [0.15, 0.2) is 23.1 Å². The zero-order valence-electron chi connectivity index (χ0n) is 31.2. The molecule has 2 aliphatic rings. The lowest BCUT2D eigenvalue weighted by atomic mass is 9.59. The lowest BCUT2D eigenvalue weighted by Gasteiger charge is -2.48. The Morgan fingerprint density at radius 1 is 0.935 bits per heavy atom. The van der Waals surface area contributed by atoms with Crippen molar-refractivity contribution in [1.29, 1.82) is 0 Å². The van der Waals surface area contributed by atoms with Gasteiger partial charge in [-0.1, -0.05) is 69.2 Å². The lowest BCUT2D eigenvalue weighted by Crippen LogP contribution is -2.44. The average molecular weight is 668 g/mol. The van der Waals surface area contributed by atoms with Gasteiger partial charge in [0.2, 0.25) is 10.0 Å². The van der Waals surface area contributed by atoms with Gasteiger partial charge >= 0.3 is 0 Å². The molecule has 2 saturated heterocycles. The fourth-order valence-electron chi connectivity index (χ4n) is 6.92. The molecule has 0 spiro atoms. The zero-order valence-corrected chi connectivity index (χ0v) is 32.0. The SMILES string of the molecule is COC(C)(C)CC(C)(C)C(C)(C)CCC(C)(C)C(C)C1CC(CC(C)(C)C)OC(c2cc(S(=O)(=O)N3CCOCC3)ccc2O)O1. The lowest BCUT2D eigenvalue weighted by molar-refractivity contribution is -0.268. The maximum absolute atomic E-state index is 13.5. The van der Waals surface area contributed by atoms with Crippen LogP contribution in [0.3, 0.4) is 0 Å². The number of aromatic hydroxyl groups is 1. The highest BCUT2D eigenvalue weighted by Crippen LogP contribution is 2.51. The fraction of sp³-hybridized carbons (Fsp3) is 0.838. The number of nitrogens with zero attached hydrogens (tertiary/aromatic N) is 1. The maximum Gasteiger partial charge on any atom is 0.243 e. The van der Waals surface area contributed by atoms with Crippen molar-refractivity contribution in [2.45, 2.75) is 144 Å². The highest BCUT2D eigenvalue weighted by atomic mass is 32.2. The van der Waals surface area contributed by atoms with Crippen LogP contribution < -0.4 is 0 Å². The number of phenolic OH excluding ortho intramolecular Hbond substituents is 1. The van der Waals surface area contributed by atoms with Crippen LogP contribution >= 0.6 is 0 Å². The Hall–Kier alpha value is -1.23. The minimum absolute atomic E-state index is 0.0189. The van der Waals surface area contributed by atoms with Crippen LogP contribution in [0.1, 0.15) is 127 Å². The van der Waals surface area contributed by atoms with E-state index >= 15 is 0 Å². The van der Waals surface area contributed by atoms with Crippen molar-refractivity contribution in [2.24, 2.45) is 27.6 Å². The third-order valence-corrected chi connectivity index (χ3v) is 13.1. The van der Waals surface area contributed by atoms with Crippen molar-refractivity contribution in [3.63, 3.8) is 0 Å². The van der Waals surface area contributed by atoms with E-state index in [0.717, 1.165) is 32.1 Å². The molecule has 0 amide bonds. The topological polar surface area (TPSA) is 94.5 Å². The van der Waals surface area contributed by atoms with Crippen molar-refractivity contribution in [3.05, 3.63) is 23.8 Å². The van der Waals surface area contributed by atoms with Crippen LogP contribution in [0.5, 0.6) is 5.75 Å². The molecule has 0 bridgehead atoms. The molecule has 1 aromatic rings. The highest BCUT2D eigenvalue weighted by molar-refractivity contribution is 7.89. The molecule has 2 heterocycles. The molecule has 4 atom stereocenters. The van der Waals surface area contributed by atoms with Crippen LogP contribution in [0.25, 0.3) is 0 Å². The molecule has 3 rings (SSSR count). The monoisotopic (exact) mass is 667 g/mol. The third kappa shape index (κ3) is 9.69. The van der Waals surface area contributed by atoms with Gasteiger partial charge < -0.3 is 24.1 Å². The number of methoxy groups -OCH3 is 1. The number of benzene rings is 1. The van der Waals surface area contributed by atoms with Crippen LogP contribution in [0, 0.1) is 27.6 Å². The average Bonchev–Trinajstić information content (AvgIpc) is 2.94. The van der Waals surface area contributed by atoms with E-state index in [0.29, 0.717) is 31.9 Å². The van der Waals surface area contributed by atoms with Gasteiger partial charge in [0.25, 0.3) is 0 Å². The predicted molar refractivity (Wildman–Crippen MR) is 184 cm³/mol. The summed E-state index contributed by atoms with van der Waals surface area (Å²) in [6.45, 7) is 28.6. The molecular weight excluding hydrogens is 602 g/mol. The van der Waals surface area contributed by atoms with Crippen LogP contribution in [0.4, 0.5) is 0 Å². The van der Waals surface area contributed by atoms with Gasteiger partial charge in [-0.25, -0.2) is 8.42 Å². The molecule has 8 nitrogen and oxygen atoms in total. The van der Waals surface area contributed by atoms with E-state index in [4.69, 9.17) is 18.9 Å². The van der Waals surface area contributed by atoms with Crippen molar-refractivity contribution in [2.75, 3.05) is 33.4 Å². The summed E-state index contributed by atoms with van der Waals surface area (Å²) in [5.74, 6) is 0.147. The van der Waals surface area contributed by atoms with Gasteiger partial charge in [-0.3, -0.25) is 0 Å². The summed E-state index contributed by atoms with van der Waals surface area (Å²) in [4.78, 5) is 0.124. The Balaban J connectivity index is 1.87. The molecule has 1 aromatic carbocycles. The third-order valence-electron chi connectivity index (χ3n) is 11.2. The first-order chi connectivity index (χ1) is 20.9. The first-order valence-corrected chi connectivity index (χ1v) is 18.6. The Kier molecular flexibility index (Phi) is 12.2. The van der Waals surface area contributed by atoms with E-state index in [-0.39, 0.29) is 56.0 Å². The fourth-order valence-corrected chi connectivity index (χ4v) is 8.36. The molecule has 1 N–H and O–H groups in total. The van der Waals surface area contributed by atoms with Crippen LogP contribution in [0.2, 0.25) is 0 Å². The van der Waals surface area contributed by atoms with Gasteiger partial charge in [0.1, 0.15) is 5.75 Å². The number of morpholine rings is 1. The summed E-state index contributed by atoms with van der Waals surface area (Å²) < 4.78 is 52.9. The van der Waals surface area contributed by atoms with Gasteiger partial charge in [0.05, 0.1) is 41.5 Å². The number of hydrogen-bond acceptors (Lipinski definition) is 7. The molecule has 266 valence electrons. The maximum atomic E-state index is 13.5. The highest BCUT2D eigenvalue weighted by Gasteiger charge is 2.45. The molecule has 0 aromatic heterocycles. The Morgan fingerprint density at radius 3 is 2.11 bits per heavy atom. The molecule has 0 saturated carbocycles.